The predicted octanol–water partition coefficient (Wildman–Crippen LogP) is 0.778. The Bertz CT molecular complexity index is 345. The minimum absolute atomic E-state index is 0.152. The van der Waals surface area contributed by atoms with Gasteiger partial charge in [-0.25, -0.2) is 0 Å². The van der Waals surface area contributed by atoms with Crippen molar-refractivity contribution in [2.75, 3.05) is 12.3 Å². The number of rotatable bonds is 4. The second-order valence-electron chi connectivity index (χ2n) is 3.79. The standard InChI is InChI=1S/C10H18N4O/c1-4-7(2)5-12-10(15)8-6-13-14(3)9(8)11/h6-7H,4-5,11H2,1-3H3,(H,12,15). The molecular formula is C10H18N4O. The first-order chi connectivity index (χ1) is 7.06. The Morgan fingerprint density at radius 1 is 1.73 bits per heavy atom. The largest absolute Gasteiger partial charge is 0.383 e. The third-order valence-electron chi connectivity index (χ3n) is 2.54. The summed E-state index contributed by atoms with van der Waals surface area (Å²) in [7, 11) is 1.71. The number of nitrogens with one attached hydrogen (secondary N) is 1. The van der Waals surface area contributed by atoms with Crippen molar-refractivity contribution in [3.05, 3.63) is 11.8 Å². The molecular weight excluding hydrogens is 192 g/mol. The average molecular weight is 210 g/mol. The van der Waals surface area contributed by atoms with Crippen LogP contribution in [-0.2, 0) is 7.05 Å². The highest BCUT2D eigenvalue weighted by atomic mass is 16.1. The SMILES string of the molecule is CCC(C)CNC(=O)c1cnn(C)c1N. The highest BCUT2D eigenvalue weighted by Crippen LogP contribution is 2.09. The molecule has 0 spiro atoms. The van der Waals surface area contributed by atoms with Gasteiger partial charge in [0.05, 0.1) is 6.20 Å². The lowest BCUT2D eigenvalue weighted by Gasteiger charge is -2.09. The average Bonchev–Trinajstić information content (AvgIpc) is 2.56. The van der Waals surface area contributed by atoms with Crippen molar-refractivity contribution in [2.45, 2.75) is 20.3 Å². The molecule has 0 aliphatic carbocycles. The molecule has 1 aromatic rings. The monoisotopic (exact) mass is 210 g/mol. The fraction of sp³-hybridized carbons (Fsp3) is 0.600. The fourth-order valence-electron chi connectivity index (χ4n) is 1.13. The van der Waals surface area contributed by atoms with Crippen LogP contribution in [0.3, 0.4) is 0 Å². The number of amides is 1. The third kappa shape index (κ3) is 2.71. The molecule has 1 aromatic heterocycles. The Morgan fingerprint density at radius 2 is 2.40 bits per heavy atom. The van der Waals surface area contributed by atoms with Crippen molar-refractivity contribution in [1.29, 1.82) is 0 Å². The summed E-state index contributed by atoms with van der Waals surface area (Å²) in [5.41, 5.74) is 6.13. The first-order valence-corrected chi connectivity index (χ1v) is 5.12. The predicted molar refractivity (Wildman–Crippen MR) is 59.4 cm³/mol. The van der Waals surface area contributed by atoms with E-state index in [1.54, 1.807) is 7.05 Å². The normalized spacial score (nSPS) is 12.5. The molecule has 1 heterocycles. The summed E-state index contributed by atoms with van der Waals surface area (Å²) in [6.45, 7) is 4.85. The highest BCUT2D eigenvalue weighted by molar-refractivity contribution is 5.98. The molecule has 0 aromatic carbocycles. The van der Waals surface area contributed by atoms with Gasteiger partial charge in [-0.1, -0.05) is 20.3 Å². The second-order valence-corrected chi connectivity index (χ2v) is 3.79. The zero-order valence-electron chi connectivity index (χ0n) is 9.45. The number of aromatic nitrogens is 2. The van der Waals surface area contributed by atoms with E-state index in [2.05, 4.69) is 24.3 Å². The molecule has 3 N–H and O–H groups in total. The molecule has 1 unspecified atom stereocenters. The van der Waals surface area contributed by atoms with E-state index in [1.165, 1.54) is 10.9 Å². The summed E-state index contributed by atoms with van der Waals surface area (Å²) in [5.74, 6) is 0.726. The smallest absolute Gasteiger partial charge is 0.256 e. The van der Waals surface area contributed by atoms with Gasteiger partial charge in [-0.2, -0.15) is 5.10 Å². The maximum atomic E-state index is 11.7. The lowest BCUT2D eigenvalue weighted by atomic mass is 10.1. The first kappa shape index (κ1) is 11.6. The minimum Gasteiger partial charge on any atom is -0.383 e. The van der Waals surface area contributed by atoms with Crippen molar-refractivity contribution < 1.29 is 4.79 Å². The van der Waals surface area contributed by atoms with Gasteiger partial charge in [0.1, 0.15) is 11.4 Å². The topological polar surface area (TPSA) is 72.9 Å². The summed E-state index contributed by atoms with van der Waals surface area (Å²) in [6.07, 6.45) is 2.53. The molecule has 5 nitrogen and oxygen atoms in total. The van der Waals surface area contributed by atoms with Crippen LogP contribution in [-0.4, -0.2) is 22.2 Å². The van der Waals surface area contributed by atoms with Gasteiger partial charge in [-0.05, 0) is 5.92 Å². The third-order valence-corrected chi connectivity index (χ3v) is 2.54. The van der Waals surface area contributed by atoms with E-state index < -0.39 is 0 Å². The van der Waals surface area contributed by atoms with Gasteiger partial charge in [-0.15, -0.1) is 0 Å². The molecule has 1 atom stereocenters. The van der Waals surface area contributed by atoms with E-state index in [4.69, 9.17) is 5.73 Å². The van der Waals surface area contributed by atoms with Crippen molar-refractivity contribution in [3.8, 4) is 0 Å². The van der Waals surface area contributed by atoms with E-state index in [0.717, 1.165) is 6.42 Å². The van der Waals surface area contributed by atoms with E-state index in [9.17, 15) is 4.79 Å². The van der Waals surface area contributed by atoms with Crippen LogP contribution in [0.25, 0.3) is 0 Å². The van der Waals surface area contributed by atoms with Gasteiger partial charge >= 0.3 is 0 Å². The van der Waals surface area contributed by atoms with E-state index in [0.29, 0.717) is 23.8 Å². The number of aryl methyl sites for hydroxylation is 1. The molecule has 0 radical (unpaired) electrons. The lowest BCUT2D eigenvalue weighted by molar-refractivity contribution is 0.0948. The molecule has 5 heteroatoms. The Balaban J connectivity index is 2.58. The van der Waals surface area contributed by atoms with Gasteiger partial charge in [0.2, 0.25) is 0 Å². The second kappa shape index (κ2) is 4.82. The van der Waals surface area contributed by atoms with Crippen LogP contribution in [0.15, 0.2) is 6.20 Å². The Kier molecular flexibility index (Phi) is 3.71. The molecule has 0 bridgehead atoms. The summed E-state index contributed by atoms with van der Waals surface area (Å²) in [4.78, 5) is 11.7. The van der Waals surface area contributed by atoms with Crippen molar-refractivity contribution in [1.82, 2.24) is 15.1 Å². The quantitative estimate of drug-likeness (QED) is 0.771. The molecule has 84 valence electrons. The molecule has 0 fully saturated rings. The van der Waals surface area contributed by atoms with E-state index >= 15 is 0 Å². The number of nitrogens with two attached hydrogens (primary N) is 1. The summed E-state index contributed by atoms with van der Waals surface area (Å²) in [5, 5.41) is 6.75. The van der Waals surface area contributed by atoms with Crippen LogP contribution in [0.4, 0.5) is 5.82 Å². The molecule has 1 rings (SSSR count). The van der Waals surface area contributed by atoms with Gasteiger partial charge in [0.25, 0.3) is 5.91 Å². The lowest BCUT2D eigenvalue weighted by Crippen LogP contribution is -2.28. The van der Waals surface area contributed by atoms with Crippen molar-refractivity contribution >= 4 is 11.7 Å². The zero-order valence-corrected chi connectivity index (χ0v) is 9.45. The first-order valence-electron chi connectivity index (χ1n) is 5.12. The van der Waals surface area contributed by atoms with Gasteiger partial charge in [0.15, 0.2) is 0 Å². The number of hydrogen-bond donors (Lipinski definition) is 2. The molecule has 0 saturated heterocycles. The van der Waals surface area contributed by atoms with Crippen LogP contribution >= 0.6 is 0 Å². The molecule has 1 amide bonds. The van der Waals surface area contributed by atoms with Crippen LogP contribution in [0.2, 0.25) is 0 Å². The molecule has 0 aliphatic heterocycles. The Hall–Kier alpha value is -1.52. The van der Waals surface area contributed by atoms with Gasteiger partial charge in [-0.3, -0.25) is 9.48 Å². The van der Waals surface area contributed by atoms with Gasteiger partial charge < -0.3 is 11.1 Å². The molecule has 15 heavy (non-hydrogen) atoms. The number of hydrogen-bond acceptors (Lipinski definition) is 3. The maximum Gasteiger partial charge on any atom is 0.256 e. The van der Waals surface area contributed by atoms with Crippen molar-refractivity contribution in [2.24, 2.45) is 13.0 Å². The van der Waals surface area contributed by atoms with Crippen LogP contribution in [0, 0.1) is 5.92 Å². The van der Waals surface area contributed by atoms with E-state index in [-0.39, 0.29) is 5.91 Å². The fourth-order valence-corrected chi connectivity index (χ4v) is 1.13. The van der Waals surface area contributed by atoms with Crippen molar-refractivity contribution in [3.63, 3.8) is 0 Å². The highest BCUT2D eigenvalue weighted by Gasteiger charge is 2.13. The minimum atomic E-state index is -0.152. The Morgan fingerprint density at radius 3 is 2.87 bits per heavy atom. The van der Waals surface area contributed by atoms with Crippen LogP contribution < -0.4 is 11.1 Å². The number of nitrogens with zero attached hydrogens (tertiary/aromatic N) is 2. The summed E-state index contributed by atoms with van der Waals surface area (Å²) >= 11 is 0. The number of carbonyl (C=O) groups excluding carboxylic acids is 1. The van der Waals surface area contributed by atoms with E-state index in [1.807, 2.05) is 0 Å². The zero-order chi connectivity index (χ0) is 11.4. The van der Waals surface area contributed by atoms with Gasteiger partial charge in [0, 0.05) is 13.6 Å². The number of anilines is 1. The molecule has 0 aliphatic rings. The maximum absolute atomic E-state index is 11.7. The Labute approximate surface area is 89.6 Å². The van der Waals surface area contributed by atoms with Crippen LogP contribution in [0.5, 0.6) is 0 Å². The molecule has 0 saturated carbocycles. The number of nitrogen functional groups attached to an aromatic ring is 1. The number of carbonyl (C=O) groups is 1. The summed E-state index contributed by atoms with van der Waals surface area (Å²) < 4.78 is 1.48. The summed E-state index contributed by atoms with van der Waals surface area (Å²) in [6, 6.07) is 0. The van der Waals surface area contributed by atoms with Crippen LogP contribution in [0.1, 0.15) is 30.6 Å².